The molecule has 456 valence electrons. The van der Waals surface area contributed by atoms with Gasteiger partial charge in [0.1, 0.15) is 13.2 Å². The zero-order chi connectivity index (χ0) is 56.4. The van der Waals surface area contributed by atoms with Gasteiger partial charge in [0.25, 0.3) is 0 Å². The zero-order valence-electron chi connectivity index (χ0n) is 52.5. The smallest absolute Gasteiger partial charge is 0.306 e. The molecular formula is C72H132O6. The first kappa shape index (κ1) is 75.4. The van der Waals surface area contributed by atoms with Crippen LogP contribution in [-0.4, -0.2) is 37.2 Å². The second-order valence-electron chi connectivity index (χ2n) is 23.4. The summed E-state index contributed by atoms with van der Waals surface area (Å²) in [7, 11) is 0. The van der Waals surface area contributed by atoms with E-state index >= 15 is 0 Å². The molecule has 6 heteroatoms. The van der Waals surface area contributed by atoms with Crippen molar-refractivity contribution in [3.05, 3.63) is 48.6 Å². The molecule has 0 aromatic rings. The Morgan fingerprint density at radius 1 is 0.269 bits per heavy atom. The zero-order valence-corrected chi connectivity index (χ0v) is 52.5. The summed E-state index contributed by atoms with van der Waals surface area (Å²) in [4.78, 5) is 38.4. The fourth-order valence-electron chi connectivity index (χ4n) is 10.4. The summed E-state index contributed by atoms with van der Waals surface area (Å²) in [6.07, 6.45) is 84.1. The maximum atomic E-state index is 12.9. The van der Waals surface area contributed by atoms with Crippen LogP contribution in [0.2, 0.25) is 0 Å². The van der Waals surface area contributed by atoms with Gasteiger partial charge in [-0.25, -0.2) is 0 Å². The predicted octanol–water partition coefficient (Wildman–Crippen LogP) is 23.7. The fourth-order valence-corrected chi connectivity index (χ4v) is 10.4. The van der Waals surface area contributed by atoms with E-state index in [9.17, 15) is 14.4 Å². The van der Waals surface area contributed by atoms with E-state index < -0.39 is 6.10 Å². The molecule has 0 aromatic heterocycles. The van der Waals surface area contributed by atoms with Crippen LogP contribution in [0.1, 0.15) is 374 Å². The quantitative estimate of drug-likeness (QED) is 0.0261. The Morgan fingerprint density at radius 3 is 0.782 bits per heavy atom. The minimum absolute atomic E-state index is 0.0669. The molecular weight excluding hydrogens is 961 g/mol. The van der Waals surface area contributed by atoms with Crippen LogP contribution in [0.15, 0.2) is 48.6 Å². The summed E-state index contributed by atoms with van der Waals surface area (Å²) in [5.41, 5.74) is 0. The number of hydrogen-bond acceptors (Lipinski definition) is 6. The van der Waals surface area contributed by atoms with Crippen LogP contribution in [0.25, 0.3) is 0 Å². The topological polar surface area (TPSA) is 78.9 Å². The first-order chi connectivity index (χ1) is 38.5. The number of esters is 3. The van der Waals surface area contributed by atoms with Gasteiger partial charge in [0, 0.05) is 19.3 Å². The van der Waals surface area contributed by atoms with Gasteiger partial charge in [0.2, 0.25) is 0 Å². The van der Waals surface area contributed by atoms with Crippen molar-refractivity contribution >= 4 is 17.9 Å². The van der Waals surface area contributed by atoms with Gasteiger partial charge in [-0.1, -0.05) is 345 Å². The molecule has 0 aliphatic rings. The Labute approximate surface area is 486 Å². The molecule has 0 aliphatic carbocycles. The van der Waals surface area contributed by atoms with Crippen LogP contribution < -0.4 is 0 Å². The van der Waals surface area contributed by atoms with Crippen LogP contribution in [0.3, 0.4) is 0 Å². The number of ether oxygens (including phenoxy) is 3. The van der Waals surface area contributed by atoms with Crippen molar-refractivity contribution in [3.63, 3.8) is 0 Å². The van der Waals surface area contributed by atoms with Crippen LogP contribution >= 0.6 is 0 Å². The third-order valence-corrected chi connectivity index (χ3v) is 15.6. The van der Waals surface area contributed by atoms with Gasteiger partial charge in [-0.2, -0.15) is 0 Å². The maximum Gasteiger partial charge on any atom is 0.306 e. The standard InChI is InChI=1S/C72H132O6/c1-4-7-10-13-16-19-22-25-28-31-33-34-35-36-37-38-40-41-44-47-50-53-56-59-62-65-71(74)77-68-69(67-76-70(73)64-61-58-55-52-49-46-43-30-27-24-21-18-15-12-9-6-3)78-72(75)66-63-60-57-54-51-48-45-42-39-32-29-26-23-20-17-14-11-8-5-2/h7,10,16,19,25,28,33-34,69H,4-6,8-9,11-15,17-18,20-24,26-27,29-32,35-68H2,1-3H3/b10-7-,19-16-,28-25-,34-33-. The van der Waals surface area contributed by atoms with E-state index in [1.54, 1.807) is 0 Å². The van der Waals surface area contributed by atoms with Crippen molar-refractivity contribution in [2.24, 2.45) is 0 Å². The summed E-state index contributed by atoms with van der Waals surface area (Å²) in [6, 6.07) is 0. The van der Waals surface area contributed by atoms with Crippen LogP contribution in [0, 0.1) is 0 Å². The Hall–Kier alpha value is -2.63. The van der Waals surface area contributed by atoms with E-state index in [-0.39, 0.29) is 31.1 Å². The molecule has 0 radical (unpaired) electrons. The lowest BCUT2D eigenvalue weighted by Gasteiger charge is -2.18. The van der Waals surface area contributed by atoms with Gasteiger partial charge in [0.05, 0.1) is 0 Å². The Morgan fingerprint density at radius 2 is 0.500 bits per heavy atom. The van der Waals surface area contributed by atoms with Gasteiger partial charge in [-0.15, -0.1) is 0 Å². The minimum atomic E-state index is -0.771. The number of carbonyl (C=O) groups excluding carboxylic acids is 3. The molecule has 0 fully saturated rings. The fraction of sp³-hybridized carbons (Fsp3) is 0.847. The summed E-state index contributed by atoms with van der Waals surface area (Å²) in [6.45, 7) is 6.60. The van der Waals surface area contributed by atoms with Crippen molar-refractivity contribution in [2.75, 3.05) is 13.2 Å². The molecule has 1 atom stereocenters. The SMILES string of the molecule is CC/C=C\C/C=C\C/C=C\C/C=C\CCCCCCCCCCCCCCC(=O)OCC(COC(=O)CCCCCCCCCCCCCCCCCC)OC(=O)CCCCCCCCCCCCCCCCCCCCC. The molecule has 1 unspecified atom stereocenters. The normalized spacial score (nSPS) is 12.3. The number of unbranched alkanes of at least 4 members (excludes halogenated alkanes) is 45. The highest BCUT2D eigenvalue weighted by Crippen LogP contribution is 2.18. The Bertz CT molecular complexity index is 1350. The first-order valence-corrected chi connectivity index (χ1v) is 34.6. The molecule has 0 saturated carbocycles. The van der Waals surface area contributed by atoms with E-state index in [2.05, 4.69) is 69.4 Å². The molecule has 0 saturated heterocycles. The average molecular weight is 1090 g/mol. The van der Waals surface area contributed by atoms with Crippen LogP contribution in [0.4, 0.5) is 0 Å². The molecule has 0 aliphatic heterocycles. The Balaban J connectivity index is 4.28. The summed E-state index contributed by atoms with van der Waals surface area (Å²) in [5, 5.41) is 0. The van der Waals surface area contributed by atoms with Crippen molar-refractivity contribution in [3.8, 4) is 0 Å². The lowest BCUT2D eigenvalue weighted by Crippen LogP contribution is -2.30. The summed E-state index contributed by atoms with van der Waals surface area (Å²) in [5.74, 6) is -0.839. The second kappa shape index (κ2) is 66.9. The highest BCUT2D eigenvalue weighted by molar-refractivity contribution is 5.71. The van der Waals surface area contributed by atoms with Crippen molar-refractivity contribution < 1.29 is 28.6 Å². The molecule has 6 nitrogen and oxygen atoms in total. The molecule has 0 bridgehead atoms. The van der Waals surface area contributed by atoms with Crippen molar-refractivity contribution in [1.82, 2.24) is 0 Å². The van der Waals surface area contributed by atoms with E-state index in [0.29, 0.717) is 19.3 Å². The number of carbonyl (C=O) groups is 3. The lowest BCUT2D eigenvalue weighted by molar-refractivity contribution is -0.167. The highest BCUT2D eigenvalue weighted by atomic mass is 16.6. The van der Waals surface area contributed by atoms with E-state index in [0.717, 1.165) is 83.5 Å². The van der Waals surface area contributed by atoms with E-state index in [1.807, 2.05) is 0 Å². The summed E-state index contributed by atoms with van der Waals surface area (Å²) >= 11 is 0. The van der Waals surface area contributed by atoms with Crippen molar-refractivity contribution in [2.45, 2.75) is 380 Å². The van der Waals surface area contributed by atoms with Gasteiger partial charge in [0.15, 0.2) is 6.10 Å². The number of hydrogen-bond donors (Lipinski definition) is 0. The molecule has 0 heterocycles. The maximum absolute atomic E-state index is 12.9. The molecule has 0 aromatic carbocycles. The van der Waals surface area contributed by atoms with E-state index in [1.165, 1.54) is 250 Å². The second-order valence-corrected chi connectivity index (χ2v) is 23.4. The molecule has 0 amide bonds. The number of rotatable bonds is 64. The Kier molecular flexibility index (Phi) is 64.6. The third kappa shape index (κ3) is 64.2. The van der Waals surface area contributed by atoms with Gasteiger partial charge >= 0.3 is 17.9 Å². The monoisotopic (exact) mass is 1090 g/mol. The largest absolute Gasteiger partial charge is 0.462 e. The third-order valence-electron chi connectivity index (χ3n) is 15.6. The van der Waals surface area contributed by atoms with E-state index in [4.69, 9.17) is 14.2 Å². The molecule has 0 N–H and O–H groups in total. The molecule has 0 spiro atoms. The predicted molar refractivity (Wildman–Crippen MR) is 339 cm³/mol. The lowest BCUT2D eigenvalue weighted by atomic mass is 10.0. The van der Waals surface area contributed by atoms with Crippen molar-refractivity contribution in [1.29, 1.82) is 0 Å². The highest BCUT2D eigenvalue weighted by Gasteiger charge is 2.19. The first-order valence-electron chi connectivity index (χ1n) is 34.6. The van der Waals surface area contributed by atoms with Gasteiger partial charge in [-0.3, -0.25) is 14.4 Å². The van der Waals surface area contributed by atoms with Gasteiger partial charge in [-0.05, 0) is 57.8 Å². The summed E-state index contributed by atoms with van der Waals surface area (Å²) < 4.78 is 17.0. The average Bonchev–Trinajstić information content (AvgIpc) is 3.44. The van der Waals surface area contributed by atoms with Crippen LogP contribution in [0.5, 0.6) is 0 Å². The van der Waals surface area contributed by atoms with Crippen LogP contribution in [-0.2, 0) is 28.6 Å². The number of allylic oxidation sites excluding steroid dienone is 8. The molecule has 0 rings (SSSR count). The van der Waals surface area contributed by atoms with Gasteiger partial charge < -0.3 is 14.2 Å². The minimum Gasteiger partial charge on any atom is -0.462 e. The molecule has 78 heavy (non-hydrogen) atoms.